The van der Waals surface area contributed by atoms with Crippen LogP contribution in [0.25, 0.3) is 0 Å². The summed E-state index contributed by atoms with van der Waals surface area (Å²) >= 11 is 3.40. The van der Waals surface area contributed by atoms with E-state index in [1.165, 1.54) is 0 Å². The van der Waals surface area contributed by atoms with Gasteiger partial charge in [-0.25, -0.2) is 0 Å². The van der Waals surface area contributed by atoms with Gasteiger partial charge in [0, 0.05) is 17.1 Å². The van der Waals surface area contributed by atoms with Crippen LogP contribution in [0.2, 0.25) is 0 Å². The van der Waals surface area contributed by atoms with Crippen molar-refractivity contribution >= 4 is 15.9 Å². The third-order valence-electron chi connectivity index (χ3n) is 3.13. The molecule has 1 nitrogen and oxygen atoms in total. The number of rotatable bonds is 5. The Labute approximate surface area is 130 Å². The molecular formula is C16H15BrF3N. The van der Waals surface area contributed by atoms with Crippen molar-refractivity contribution in [3.63, 3.8) is 0 Å². The third-order valence-corrected chi connectivity index (χ3v) is 3.91. The van der Waals surface area contributed by atoms with Crippen molar-refractivity contribution in [3.05, 3.63) is 70.2 Å². The van der Waals surface area contributed by atoms with Gasteiger partial charge >= 0.3 is 6.18 Å². The summed E-state index contributed by atoms with van der Waals surface area (Å²) in [6, 6.07) is 15.5. The van der Waals surface area contributed by atoms with Gasteiger partial charge in [-0.3, -0.25) is 0 Å². The second-order valence-corrected chi connectivity index (χ2v) is 5.61. The Bertz CT molecular complexity index is 569. The van der Waals surface area contributed by atoms with E-state index >= 15 is 0 Å². The molecule has 0 aliphatic carbocycles. The minimum absolute atomic E-state index is 0.372. The van der Waals surface area contributed by atoms with Crippen LogP contribution < -0.4 is 5.32 Å². The maximum Gasteiger partial charge on any atom is 0.390 e. The highest BCUT2D eigenvalue weighted by Crippen LogP contribution is 2.30. The molecule has 0 aliphatic heterocycles. The van der Waals surface area contributed by atoms with Gasteiger partial charge in [0.2, 0.25) is 0 Å². The van der Waals surface area contributed by atoms with E-state index in [1.54, 1.807) is 30.3 Å². The molecule has 0 spiro atoms. The molecule has 0 aliphatic rings. The van der Waals surface area contributed by atoms with E-state index in [0.29, 0.717) is 12.1 Å². The predicted octanol–water partition coefficient (Wildman–Crippen LogP) is 5.23. The van der Waals surface area contributed by atoms with E-state index < -0.39 is 18.6 Å². The Morgan fingerprint density at radius 1 is 0.952 bits per heavy atom. The summed E-state index contributed by atoms with van der Waals surface area (Å²) in [5.41, 5.74) is 1.57. The highest BCUT2D eigenvalue weighted by molar-refractivity contribution is 9.10. The first-order chi connectivity index (χ1) is 9.96. The van der Waals surface area contributed by atoms with Gasteiger partial charge in [-0.05, 0) is 17.2 Å². The summed E-state index contributed by atoms with van der Waals surface area (Å²) in [4.78, 5) is 0. The van der Waals surface area contributed by atoms with Crippen molar-refractivity contribution in [3.8, 4) is 0 Å². The average Bonchev–Trinajstić information content (AvgIpc) is 2.45. The SMILES string of the molecule is FC(F)(F)CC(NCc1ccccc1Br)c1ccccc1. The molecular weight excluding hydrogens is 343 g/mol. The summed E-state index contributed by atoms with van der Waals surface area (Å²) < 4.78 is 39.1. The molecule has 1 atom stereocenters. The number of halogens is 4. The molecule has 0 saturated carbocycles. The van der Waals surface area contributed by atoms with Crippen LogP contribution in [0.1, 0.15) is 23.6 Å². The molecule has 0 heterocycles. The largest absolute Gasteiger partial charge is 0.390 e. The molecule has 0 saturated heterocycles. The first kappa shape index (κ1) is 16.0. The number of hydrogen-bond donors (Lipinski definition) is 1. The second-order valence-electron chi connectivity index (χ2n) is 4.75. The van der Waals surface area contributed by atoms with Gasteiger partial charge in [0.1, 0.15) is 0 Å². The van der Waals surface area contributed by atoms with Crippen molar-refractivity contribution < 1.29 is 13.2 Å². The molecule has 2 aromatic rings. The van der Waals surface area contributed by atoms with Crippen LogP contribution in [0.5, 0.6) is 0 Å². The van der Waals surface area contributed by atoms with Crippen molar-refractivity contribution in [1.29, 1.82) is 0 Å². The molecule has 5 heteroatoms. The van der Waals surface area contributed by atoms with Crippen LogP contribution in [-0.4, -0.2) is 6.18 Å². The Balaban J connectivity index is 2.11. The molecule has 0 radical (unpaired) electrons. The third kappa shape index (κ3) is 5.17. The van der Waals surface area contributed by atoms with Gasteiger partial charge in [-0.1, -0.05) is 64.5 Å². The van der Waals surface area contributed by atoms with E-state index in [2.05, 4.69) is 21.2 Å². The van der Waals surface area contributed by atoms with Crippen molar-refractivity contribution in [2.45, 2.75) is 25.2 Å². The fourth-order valence-corrected chi connectivity index (χ4v) is 2.52. The smallest absolute Gasteiger partial charge is 0.305 e. The van der Waals surface area contributed by atoms with Gasteiger partial charge in [0.25, 0.3) is 0 Å². The summed E-state index contributed by atoms with van der Waals surface area (Å²) in [6.07, 6.45) is -5.09. The minimum Gasteiger partial charge on any atom is -0.305 e. The molecule has 21 heavy (non-hydrogen) atoms. The van der Waals surface area contributed by atoms with Crippen LogP contribution in [0.15, 0.2) is 59.1 Å². The summed E-state index contributed by atoms with van der Waals surface area (Å²) in [5.74, 6) is 0. The Hall–Kier alpha value is -1.33. The lowest BCUT2D eigenvalue weighted by Crippen LogP contribution is -2.26. The lowest BCUT2D eigenvalue weighted by molar-refractivity contribution is -0.140. The molecule has 1 unspecified atom stereocenters. The van der Waals surface area contributed by atoms with Crippen LogP contribution >= 0.6 is 15.9 Å². The van der Waals surface area contributed by atoms with E-state index in [0.717, 1.165) is 10.0 Å². The van der Waals surface area contributed by atoms with Crippen LogP contribution in [0.4, 0.5) is 13.2 Å². The van der Waals surface area contributed by atoms with E-state index in [1.807, 2.05) is 24.3 Å². The highest BCUT2D eigenvalue weighted by Gasteiger charge is 2.32. The van der Waals surface area contributed by atoms with Gasteiger partial charge in [0.15, 0.2) is 0 Å². The molecule has 1 N–H and O–H groups in total. The molecule has 112 valence electrons. The minimum atomic E-state index is -4.21. The fraction of sp³-hybridized carbons (Fsp3) is 0.250. The van der Waals surface area contributed by atoms with E-state index in [9.17, 15) is 13.2 Å². The first-order valence-corrected chi connectivity index (χ1v) is 7.33. The molecule has 2 rings (SSSR count). The first-order valence-electron chi connectivity index (χ1n) is 6.54. The average molecular weight is 358 g/mol. The summed E-state index contributed by atoms with van der Waals surface area (Å²) in [6.45, 7) is 0.372. The molecule has 0 aromatic heterocycles. The van der Waals surface area contributed by atoms with E-state index in [4.69, 9.17) is 0 Å². The maximum absolute atomic E-state index is 12.7. The highest BCUT2D eigenvalue weighted by atomic mass is 79.9. The lowest BCUT2D eigenvalue weighted by atomic mass is 10.0. The Morgan fingerprint density at radius 2 is 1.57 bits per heavy atom. The molecule has 0 fully saturated rings. The zero-order chi connectivity index (χ0) is 15.3. The van der Waals surface area contributed by atoms with Gasteiger partial charge in [-0.2, -0.15) is 13.2 Å². The van der Waals surface area contributed by atoms with E-state index in [-0.39, 0.29) is 0 Å². The van der Waals surface area contributed by atoms with Crippen LogP contribution in [-0.2, 0) is 6.54 Å². The van der Waals surface area contributed by atoms with Crippen LogP contribution in [0, 0.1) is 0 Å². The van der Waals surface area contributed by atoms with Crippen molar-refractivity contribution in [2.24, 2.45) is 0 Å². The number of hydrogen-bond acceptors (Lipinski definition) is 1. The second kappa shape index (κ2) is 7.09. The zero-order valence-corrected chi connectivity index (χ0v) is 12.8. The molecule has 0 amide bonds. The quantitative estimate of drug-likeness (QED) is 0.772. The molecule has 2 aromatic carbocycles. The number of alkyl halides is 3. The van der Waals surface area contributed by atoms with Crippen molar-refractivity contribution in [2.75, 3.05) is 0 Å². The summed E-state index contributed by atoms with van der Waals surface area (Å²) in [5, 5.41) is 3.00. The number of benzene rings is 2. The Kier molecular flexibility index (Phi) is 5.42. The predicted molar refractivity (Wildman–Crippen MR) is 80.8 cm³/mol. The van der Waals surface area contributed by atoms with Gasteiger partial charge < -0.3 is 5.32 Å². The maximum atomic E-state index is 12.7. The fourth-order valence-electron chi connectivity index (χ4n) is 2.10. The molecule has 0 bridgehead atoms. The van der Waals surface area contributed by atoms with Gasteiger partial charge in [-0.15, -0.1) is 0 Å². The lowest BCUT2D eigenvalue weighted by Gasteiger charge is -2.21. The zero-order valence-electron chi connectivity index (χ0n) is 11.2. The topological polar surface area (TPSA) is 12.0 Å². The van der Waals surface area contributed by atoms with Gasteiger partial charge in [0.05, 0.1) is 6.42 Å². The number of nitrogens with one attached hydrogen (secondary N) is 1. The summed E-state index contributed by atoms with van der Waals surface area (Å²) in [7, 11) is 0. The normalized spacial score (nSPS) is 13.1. The van der Waals surface area contributed by atoms with Crippen molar-refractivity contribution in [1.82, 2.24) is 5.32 Å². The monoisotopic (exact) mass is 357 g/mol. The Morgan fingerprint density at radius 3 is 2.19 bits per heavy atom. The standard InChI is InChI=1S/C16H15BrF3N/c17-14-9-5-4-8-13(14)11-21-15(10-16(18,19)20)12-6-2-1-3-7-12/h1-9,15,21H,10-11H2. The van der Waals surface area contributed by atoms with Crippen LogP contribution in [0.3, 0.4) is 0 Å².